The summed E-state index contributed by atoms with van der Waals surface area (Å²) in [5.74, 6) is 1.14. The minimum absolute atomic E-state index is 0.220. The fourth-order valence-corrected chi connectivity index (χ4v) is 1.40. The van der Waals surface area contributed by atoms with Crippen molar-refractivity contribution in [1.82, 2.24) is 19.7 Å². The number of nitrogens with zero attached hydrogens (tertiary/aromatic N) is 4. The highest BCUT2D eigenvalue weighted by molar-refractivity contribution is 5.36. The molecule has 0 bridgehead atoms. The summed E-state index contributed by atoms with van der Waals surface area (Å²) in [5.41, 5.74) is 5.45. The highest BCUT2D eigenvalue weighted by atomic mass is 15.3. The van der Waals surface area contributed by atoms with Gasteiger partial charge in [0, 0.05) is 18.4 Å². The molecule has 0 radical (unpaired) electrons. The maximum Gasteiger partial charge on any atom is 0.144 e. The Bertz CT molecular complexity index is 421. The van der Waals surface area contributed by atoms with Gasteiger partial charge in [-0.3, -0.25) is 4.68 Å². The van der Waals surface area contributed by atoms with Crippen molar-refractivity contribution in [1.29, 1.82) is 0 Å². The third kappa shape index (κ3) is 2.69. The molecule has 6 nitrogen and oxygen atoms in total. The van der Waals surface area contributed by atoms with Crippen molar-refractivity contribution in [3.05, 3.63) is 30.9 Å². The molecule has 0 saturated carbocycles. The Morgan fingerprint density at radius 2 is 2.31 bits per heavy atom. The summed E-state index contributed by atoms with van der Waals surface area (Å²) in [6, 6.07) is 2.12. The molecule has 0 fully saturated rings. The topological polar surface area (TPSA) is 81.7 Å². The molecule has 3 N–H and O–H groups in total. The van der Waals surface area contributed by atoms with E-state index in [9.17, 15) is 0 Å². The third-order valence-electron chi connectivity index (χ3n) is 2.09. The monoisotopic (exact) mass is 218 g/mol. The lowest BCUT2D eigenvalue weighted by atomic mass is 10.3. The van der Waals surface area contributed by atoms with Crippen LogP contribution in [0.5, 0.6) is 0 Å². The van der Waals surface area contributed by atoms with Gasteiger partial charge in [0.15, 0.2) is 0 Å². The molecule has 2 rings (SSSR count). The van der Waals surface area contributed by atoms with E-state index in [0.717, 1.165) is 6.54 Å². The second kappa shape index (κ2) is 4.61. The maximum atomic E-state index is 5.45. The lowest BCUT2D eigenvalue weighted by Crippen LogP contribution is -2.22. The van der Waals surface area contributed by atoms with E-state index in [1.807, 2.05) is 16.9 Å². The van der Waals surface area contributed by atoms with E-state index in [-0.39, 0.29) is 6.04 Å². The molecule has 16 heavy (non-hydrogen) atoms. The van der Waals surface area contributed by atoms with E-state index in [2.05, 4.69) is 27.3 Å². The van der Waals surface area contributed by atoms with Crippen LogP contribution in [-0.2, 0) is 6.54 Å². The van der Waals surface area contributed by atoms with E-state index in [1.54, 1.807) is 12.4 Å². The Morgan fingerprint density at radius 1 is 1.44 bits per heavy atom. The van der Waals surface area contributed by atoms with Crippen LogP contribution in [-0.4, -0.2) is 25.8 Å². The van der Waals surface area contributed by atoms with E-state index < -0.39 is 0 Å². The molecule has 2 aromatic heterocycles. The molecule has 2 heterocycles. The van der Waals surface area contributed by atoms with Crippen molar-refractivity contribution in [2.75, 3.05) is 11.1 Å². The molecule has 6 heteroatoms. The minimum atomic E-state index is 0.220. The largest absolute Gasteiger partial charge is 0.382 e. The van der Waals surface area contributed by atoms with E-state index in [4.69, 9.17) is 5.73 Å². The number of nitrogen functional groups attached to an aromatic ring is 1. The summed E-state index contributed by atoms with van der Waals surface area (Å²) >= 11 is 0. The summed E-state index contributed by atoms with van der Waals surface area (Å²) < 4.78 is 1.86. The van der Waals surface area contributed by atoms with Gasteiger partial charge in [-0.15, -0.1) is 0 Å². The average Bonchev–Trinajstić information content (AvgIpc) is 2.74. The quantitative estimate of drug-likeness (QED) is 0.791. The van der Waals surface area contributed by atoms with Gasteiger partial charge in [-0.05, 0) is 13.0 Å². The molecule has 0 aromatic carbocycles. The van der Waals surface area contributed by atoms with Crippen LogP contribution in [0.25, 0.3) is 0 Å². The van der Waals surface area contributed by atoms with Gasteiger partial charge in [-0.25, -0.2) is 9.97 Å². The van der Waals surface area contributed by atoms with E-state index >= 15 is 0 Å². The van der Waals surface area contributed by atoms with Gasteiger partial charge < -0.3 is 11.1 Å². The predicted octanol–water partition coefficient (Wildman–Crippen LogP) is 0.756. The van der Waals surface area contributed by atoms with Crippen LogP contribution >= 0.6 is 0 Å². The van der Waals surface area contributed by atoms with Crippen LogP contribution in [0.3, 0.4) is 0 Å². The van der Waals surface area contributed by atoms with Crippen molar-refractivity contribution in [2.24, 2.45) is 0 Å². The first-order chi connectivity index (χ1) is 7.74. The zero-order valence-corrected chi connectivity index (χ0v) is 9.04. The highest BCUT2D eigenvalue weighted by Gasteiger charge is 2.04. The fourth-order valence-electron chi connectivity index (χ4n) is 1.40. The van der Waals surface area contributed by atoms with Gasteiger partial charge in [0.25, 0.3) is 0 Å². The smallest absolute Gasteiger partial charge is 0.144 e. The SMILES string of the molecule is CC(Cn1cccn1)Nc1cnc(N)cn1. The minimum Gasteiger partial charge on any atom is -0.382 e. The number of rotatable bonds is 4. The predicted molar refractivity (Wildman–Crippen MR) is 61.8 cm³/mol. The van der Waals surface area contributed by atoms with Crippen molar-refractivity contribution in [3.8, 4) is 0 Å². The molecule has 1 unspecified atom stereocenters. The number of nitrogens with one attached hydrogen (secondary N) is 1. The second-order valence-corrected chi connectivity index (χ2v) is 3.60. The molecule has 0 saturated heterocycles. The zero-order chi connectivity index (χ0) is 11.4. The molecule has 0 spiro atoms. The summed E-state index contributed by atoms with van der Waals surface area (Å²) in [4.78, 5) is 8.08. The standard InChI is InChI=1S/C10H14N6/c1-8(7-16-4-2-3-14-16)15-10-6-12-9(11)5-13-10/h2-6,8H,7H2,1H3,(H2,11,12)(H,13,15). The normalized spacial score (nSPS) is 12.3. The Hall–Kier alpha value is -2.11. The summed E-state index contributed by atoms with van der Waals surface area (Å²) in [6.07, 6.45) is 6.83. The van der Waals surface area contributed by atoms with Crippen molar-refractivity contribution < 1.29 is 0 Å². The Kier molecular flexibility index (Phi) is 3.00. The van der Waals surface area contributed by atoms with E-state index in [0.29, 0.717) is 11.6 Å². The molecular weight excluding hydrogens is 204 g/mol. The van der Waals surface area contributed by atoms with Crippen LogP contribution in [0.1, 0.15) is 6.92 Å². The Labute approximate surface area is 93.5 Å². The molecule has 1 atom stereocenters. The third-order valence-corrected chi connectivity index (χ3v) is 2.09. The Morgan fingerprint density at radius 3 is 2.94 bits per heavy atom. The number of anilines is 2. The van der Waals surface area contributed by atoms with Crippen molar-refractivity contribution in [2.45, 2.75) is 19.5 Å². The number of hydrogen-bond donors (Lipinski definition) is 2. The fraction of sp³-hybridized carbons (Fsp3) is 0.300. The van der Waals surface area contributed by atoms with Gasteiger partial charge in [-0.1, -0.05) is 0 Å². The second-order valence-electron chi connectivity index (χ2n) is 3.60. The lowest BCUT2D eigenvalue weighted by molar-refractivity contribution is 0.559. The number of nitrogens with two attached hydrogens (primary N) is 1. The van der Waals surface area contributed by atoms with Crippen molar-refractivity contribution in [3.63, 3.8) is 0 Å². The summed E-state index contributed by atoms with van der Waals surface area (Å²) in [7, 11) is 0. The molecule has 0 aliphatic rings. The van der Waals surface area contributed by atoms with Crippen LogP contribution in [0, 0.1) is 0 Å². The first kappa shape index (κ1) is 10.4. The molecule has 0 aliphatic carbocycles. The lowest BCUT2D eigenvalue weighted by Gasteiger charge is -2.14. The van der Waals surface area contributed by atoms with Crippen LogP contribution in [0.15, 0.2) is 30.9 Å². The van der Waals surface area contributed by atoms with Gasteiger partial charge in [0.1, 0.15) is 11.6 Å². The van der Waals surface area contributed by atoms with Gasteiger partial charge in [0.2, 0.25) is 0 Å². The van der Waals surface area contributed by atoms with Gasteiger partial charge in [-0.2, -0.15) is 5.10 Å². The molecule has 2 aromatic rings. The molecule has 84 valence electrons. The van der Waals surface area contributed by atoms with Crippen LogP contribution in [0.4, 0.5) is 11.6 Å². The van der Waals surface area contributed by atoms with Crippen LogP contribution < -0.4 is 11.1 Å². The van der Waals surface area contributed by atoms with Gasteiger partial charge in [0.05, 0.1) is 18.9 Å². The molecule has 0 amide bonds. The van der Waals surface area contributed by atoms with E-state index in [1.165, 1.54) is 6.20 Å². The average molecular weight is 218 g/mol. The number of aromatic nitrogens is 4. The summed E-state index contributed by atoms with van der Waals surface area (Å²) in [6.45, 7) is 2.83. The maximum absolute atomic E-state index is 5.45. The molecule has 0 aliphatic heterocycles. The Balaban J connectivity index is 1.92. The number of hydrogen-bond acceptors (Lipinski definition) is 5. The highest BCUT2D eigenvalue weighted by Crippen LogP contribution is 2.04. The zero-order valence-electron chi connectivity index (χ0n) is 9.04. The first-order valence-corrected chi connectivity index (χ1v) is 5.05. The van der Waals surface area contributed by atoms with Crippen LogP contribution in [0.2, 0.25) is 0 Å². The summed E-state index contributed by atoms with van der Waals surface area (Å²) in [5, 5.41) is 7.35. The molecular formula is C10H14N6. The van der Waals surface area contributed by atoms with Gasteiger partial charge >= 0.3 is 0 Å². The van der Waals surface area contributed by atoms with Crippen molar-refractivity contribution >= 4 is 11.6 Å². The first-order valence-electron chi connectivity index (χ1n) is 5.05.